The van der Waals surface area contributed by atoms with Crippen LogP contribution in [0.15, 0.2) is 71.8 Å². The Labute approximate surface area is 171 Å². The maximum absolute atomic E-state index is 13.7. The summed E-state index contributed by atoms with van der Waals surface area (Å²) in [5, 5.41) is 13.1. The second-order valence-electron chi connectivity index (χ2n) is 6.04. The van der Waals surface area contributed by atoms with Crippen molar-refractivity contribution in [1.29, 1.82) is 0 Å². The normalized spacial score (nSPS) is 10.6. The van der Waals surface area contributed by atoms with Crippen LogP contribution in [0.4, 0.5) is 10.1 Å². The van der Waals surface area contributed by atoms with Gasteiger partial charge in [-0.2, -0.15) is 5.10 Å². The van der Waals surface area contributed by atoms with Gasteiger partial charge in [0.2, 0.25) is 0 Å². The number of nitrogens with one attached hydrogen (secondary N) is 1. The topological polar surface area (TPSA) is 97.2 Å². The van der Waals surface area contributed by atoms with Gasteiger partial charge in [0.15, 0.2) is 11.5 Å². The van der Waals surface area contributed by atoms with Crippen molar-refractivity contribution in [2.45, 2.75) is 0 Å². The molecule has 0 radical (unpaired) electrons. The minimum Gasteiger partial charge on any atom is -0.493 e. The molecule has 0 unspecified atom stereocenters. The summed E-state index contributed by atoms with van der Waals surface area (Å²) in [6, 6.07) is 16.4. The van der Waals surface area contributed by atoms with Gasteiger partial charge in [-0.05, 0) is 54.1 Å². The SMILES string of the molecule is COc1cc(/C=N/Nc2cccc(C(=O)O)c2)ccc1OC(=O)c1ccccc1F. The highest BCUT2D eigenvalue weighted by atomic mass is 19.1. The Morgan fingerprint density at radius 3 is 2.57 bits per heavy atom. The summed E-state index contributed by atoms with van der Waals surface area (Å²) >= 11 is 0. The van der Waals surface area contributed by atoms with Crippen LogP contribution in [0.25, 0.3) is 0 Å². The van der Waals surface area contributed by atoms with Crippen LogP contribution in [-0.4, -0.2) is 30.4 Å². The molecular formula is C22H17FN2O5. The van der Waals surface area contributed by atoms with Crippen molar-refractivity contribution >= 4 is 23.8 Å². The molecule has 2 N–H and O–H groups in total. The van der Waals surface area contributed by atoms with Crippen LogP contribution in [0.1, 0.15) is 26.3 Å². The molecule has 0 saturated heterocycles. The van der Waals surface area contributed by atoms with Gasteiger partial charge in [-0.3, -0.25) is 5.43 Å². The van der Waals surface area contributed by atoms with Crippen molar-refractivity contribution in [2.24, 2.45) is 5.10 Å². The Hall–Kier alpha value is -4.20. The molecule has 0 heterocycles. The molecule has 0 aliphatic heterocycles. The zero-order valence-corrected chi connectivity index (χ0v) is 15.8. The van der Waals surface area contributed by atoms with Crippen LogP contribution in [0.5, 0.6) is 11.5 Å². The van der Waals surface area contributed by atoms with E-state index in [-0.39, 0.29) is 22.6 Å². The Kier molecular flexibility index (Phi) is 6.39. The first kappa shape index (κ1) is 20.5. The third-order valence-corrected chi connectivity index (χ3v) is 4.00. The molecule has 8 heteroatoms. The molecule has 0 aliphatic rings. The van der Waals surface area contributed by atoms with Crippen molar-refractivity contribution in [3.8, 4) is 11.5 Å². The number of anilines is 1. The second kappa shape index (κ2) is 9.33. The van der Waals surface area contributed by atoms with Crippen molar-refractivity contribution in [2.75, 3.05) is 12.5 Å². The molecule has 0 bridgehead atoms. The number of benzene rings is 3. The maximum Gasteiger partial charge on any atom is 0.346 e. The summed E-state index contributed by atoms with van der Waals surface area (Å²) in [5.41, 5.74) is 3.83. The maximum atomic E-state index is 13.7. The van der Waals surface area contributed by atoms with E-state index in [0.29, 0.717) is 11.3 Å². The number of hydrogen-bond acceptors (Lipinski definition) is 6. The summed E-state index contributed by atoms with van der Waals surface area (Å²) in [6.45, 7) is 0. The minimum atomic E-state index is -1.03. The summed E-state index contributed by atoms with van der Waals surface area (Å²) in [6.07, 6.45) is 1.48. The summed E-state index contributed by atoms with van der Waals surface area (Å²) in [4.78, 5) is 23.2. The number of rotatable bonds is 7. The third kappa shape index (κ3) is 4.99. The molecule has 0 fully saturated rings. The lowest BCUT2D eigenvalue weighted by atomic mass is 10.2. The first-order valence-electron chi connectivity index (χ1n) is 8.75. The van der Waals surface area contributed by atoms with Gasteiger partial charge in [0.05, 0.1) is 30.1 Å². The van der Waals surface area contributed by atoms with Gasteiger partial charge in [-0.25, -0.2) is 14.0 Å². The van der Waals surface area contributed by atoms with Crippen molar-refractivity contribution in [3.63, 3.8) is 0 Å². The minimum absolute atomic E-state index is 0.130. The number of ether oxygens (including phenoxy) is 2. The first-order valence-corrected chi connectivity index (χ1v) is 8.75. The summed E-state index contributed by atoms with van der Waals surface area (Å²) < 4.78 is 24.2. The number of carbonyl (C=O) groups excluding carboxylic acids is 1. The number of carboxylic acids is 1. The average molecular weight is 408 g/mol. The Bertz CT molecular complexity index is 1110. The molecule has 3 aromatic rings. The fourth-order valence-corrected chi connectivity index (χ4v) is 2.53. The fourth-order valence-electron chi connectivity index (χ4n) is 2.53. The molecule has 0 atom stereocenters. The van der Waals surface area contributed by atoms with Gasteiger partial charge < -0.3 is 14.6 Å². The highest BCUT2D eigenvalue weighted by molar-refractivity contribution is 5.92. The Morgan fingerprint density at radius 2 is 1.83 bits per heavy atom. The summed E-state index contributed by atoms with van der Waals surface area (Å²) in [5.74, 6) is -2.16. The molecule has 0 spiro atoms. The molecule has 0 amide bonds. The van der Waals surface area contributed by atoms with Gasteiger partial charge >= 0.3 is 11.9 Å². The molecule has 0 aliphatic carbocycles. The van der Waals surface area contributed by atoms with Crippen LogP contribution in [0.2, 0.25) is 0 Å². The van der Waals surface area contributed by atoms with Gasteiger partial charge in [-0.15, -0.1) is 0 Å². The lowest BCUT2D eigenvalue weighted by Crippen LogP contribution is -2.11. The average Bonchev–Trinajstić information content (AvgIpc) is 2.75. The molecule has 7 nitrogen and oxygen atoms in total. The van der Waals surface area contributed by atoms with Crippen molar-refractivity contribution < 1.29 is 28.6 Å². The van der Waals surface area contributed by atoms with Crippen LogP contribution < -0.4 is 14.9 Å². The molecule has 152 valence electrons. The predicted octanol–water partition coefficient (Wildman–Crippen LogP) is 4.20. The predicted molar refractivity (Wildman–Crippen MR) is 109 cm³/mol. The highest BCUT2D eigenvalue weighted by Crippen LogP contribution is 2.28. The number of carbonyl (C=O) groups is 2. The number of hydrogen-bond donors (Lipinski definition) is 2. The van der Waals surface area contributed by atoms with E-state index >= 15 is 0 Å². The largest absolute Gasteiger partial charge is 0.493 e. The van der Waals surface area contributed by atoms with Crippen molar-refractivity contribution in [1.82, 2.24) is 0 Å². The first-order chi connectivity index (χ1) is 14.5. The summed E-state index contributed by atoms with van der Waals surface area (Å²) in [7, 11) is 1.41. The Morgan fingerprint density at radius 1 is 1.03 bits per heavy atom. The number of hydrazone groups is 1. The fraction of sp³-hybridized carbons (Fsp3) is 0.0455. The van der Waals surface area contributed by atoms with Gasteiger partial charge in [0.25, 0.3) is 0 Å². The molecule has 0 aromatic heterocycles. The zero-order chi connectivity index (χ0) is 21.5. The smallest absolute Gasteiger partial charge is 0.346 e. The molecular weight excluding hydrogens is 391 g/mol. The van der Waals surface area contributed by atoms with Gasteiger partial charge in [0.1, 0.15) is 5.82 Å². The van der Waals surface area contributed by atoms with E-state index in [1.54, 1.807) is 24.3 Å². The van der Waals surface area contributed by atoms with Crippen LogP contribution in [0.3, 0.4) is 0 Å². The highest BCUT2D eigenvalue weighted by Gasteiger charge is 2.16. The van der Waals surface area contributed by atoms with E-state index in [0.717, 1.165) is 0 Å². The molecule has 0 saturated carbocycles. The molecule has 30 heavy (non-hydrogen) atoms. The van der Waals surface area contributed by atoms with E-state index < -0.39 is 17.8 Å². The van der Waals surface area contributed by atoms with E-state index in [1.165, 1.54) is 55.8 Å². The monoisotopic (exact) mass is 408 g/mol. The number of carboxylic acid groups (broad SMARTS) is 1. The number of halogens is 1. The number of methoxy groups -OCH3 is 1. The standard InChI is InChI=1S/C22H17FN2O5/c1-29-20-11-14(13-24-25-16-6-4-5-15(12-16)21(26)27)9-10-19(20)30-22(28)17-7-2-3-8-18(17)23/h2-13,25H,1H3,(H,26,27)/b24-13+. The molecule has 3 aromatic carbocycles. The van der Waals surface area contributed by atoms with E-state index in [2.05, 4.69) is 10.5 Å². The van der Waals surface area contributed by atoms with Crippen LogP contribution in [-0.2, 0) is 0 Å². The Balaban J connectivity index is 1.71. The van der Waals surface area contributed by atoms with Gasteiger partial charge in [-0.1, -0.05) is 18.2 Å². The van der Waals surface area contributed by atoms with Gasteiger partial charge in [0, 0.05) is 0 Å². The lowest BCUT2D eigenvalue weighted by Gasteiger charge is -2.10. The number of aromatic carboxylic acids is 1. The zero-order valence-electron chi connectivity index (χ0n) is 15.8. The van der Waals surface area contributed by atoms with E-state index in [9.17, 15) is 14.0 Å². The van der Waals surface area contributed by atoms with Crippen LogP contribution in [0, 0.1) is 5.82 Å². The third-order valence-electron chi connectivity index (χ3n) is 4.00. The number of nitrogens with zero attached hydrogens (tertiary/aromatic N) is 1. The van der Waals surface area contributed by atoms with E-state index in [1.807, 2.05) is 0 Å². The van der Waals surface area contributed by atoms with Crippen LogP contribution >= 0.6 is 0 Å². The second-order valence-corrected chi connectivity index (χ2v) is 6.04. The van der Waals surface area contributed by atoms with Crippen molar-refractivity contribution in [3.05, 3.63) is 89.2 Å². The number of esters is 1. The molecule has 3 rings (SSSR count). The quantitative estimate of drug-likeness (QED) is 0.263. The van der Waals surface area contributed by atoms with E-state index in [4.69, 9.17) is 14.6 Å². The lowest BCUT2D eigenvalue weighted by molar-refractivity contribution is 0.0693.